The smallest absolute Gasteiger partial charge is 0.401 e. The molecule has 1 fully saturated rings. The highest BCUT2D eigenvalue weighted by Crippen LogP contribution is 2.23. The normalized spacial score (nSPS) is 19.8. The fraction of sp³-hybridized carbons (Fsp3) is 0.692. The molecule has 0 radical (unpaired) electrons. The summed E-state index contributed by atoms with van der Waals surface area (Å²) in [6.45, 7) is 2.47. The van der Waals surface area contributed by atoms with Gasteiger partial charge < -0.3 is 10.1 Å². The number of halogens is 3. The van der Waals surface area contributed by atoms with E-state index in [2.05, 4.69) is 15.3 Å². The van der Waals surface area contributed by atoms with E-state index in [4.69, 9.17) is 4.74 Å². The number of aromatic nitrogens is 2. The SMILES string of the molecule is COc1cc(C)nc(NCC2CCN(CC(F)(F)F)C2)n1. The molecule has 118 valence electrons. The molecule has 1 aromatic rings. The number of hydrogen-bond acceptors (Lipinski definition) is 5. The van der Waals surface area contributed by atoms with Gasteiger partial charge in [-0.05, 0) is 25.8 Å². The summed E-state index contributed by atoms with van der Waals surface area (Å²) in [4.78, 5) is 9.81. The maximum atomic E-state index is 12.3. The van der Waals surface area contributed by atoms with Crippen LogP contribution in [0.2, 0.25) is 0 Å². The number of alkyl halides is 3. The zero-order chi connectivity index (χ0) is 15.5. The van der Waals surface area contributed by atoms with Crippen LogP contribution in [0.5, 0.6) is 5.88 Å². The van der Waals surface area contributed by atoms with Gasteiger partial charge in [0.2, 0.25) is 11.8 Å². The minimum absolute atomic E-state index is 0.169. The van der Waals surface area contributed by atoms with E-state index in [-0.39, 0.29) is 5.92 Å². The van der Waals surface area contributed by atoms with E-state index in [9.17, 15) is 13.2 Å². The minimum atomic E-state index is -4.13. The van der Waals surface area contributed by atoms with E-state index in [1.807, 2.05) is 6.92 Å². The molecule has 0 bridgehead atoms. The highest BCUT2D eigenvalue weighted by molar-refractivity contribution is 5.30. The van der Waals surface area contributed by atoms with Crippen LogP contribution in [-0.4, -0.2) is 54.3 Å². The number of nitrogens with zero attached hydrogens (tertiary/aromatic N) is 3. The first kappa shape index (κ1) is 15.8. The van der Waals surface area contributed by atoms with Gasteiger partial charge in [0.05, 0.1) is 13.7 Å². The first-order valence-corrected chi connectivity index (χ1v) is 6.78. The van der Waals surface area contributed by atoms with Gasteiger partial charge in [-0.2, -0.15) is 18.2 Å². The number of rotatable bonds is 5. The Morgan fingerprint density at radius 2 is 2.19 bits per heavy atom. The Hall–Kier alpha value is -1.57. The number of hydrogen-bond donors (Lipinski definition) is 1. The van der Waals surface area contributed by atoms with Gasteiger partial charge in [0.1, 0.15) is 0 Å². The zero-order valence-corrected chi connectivity index (χ0v) is 12.1. The monoisotopic (exact) mass is 304 g/mol. The summed E-state index contributed by atoms with van der Waals surface area (Å²) in [6, 6.07) is 1.71. The van der Waals surface area contributed by atoms with Crippen molar-refractivity contribution < 1.29 is 17.9 Å². The van der Waals surface area contributed by atoms with Crippen molar-refractivity contribution in [2.75, 3.05) is 38.6 Å². The van der Waals surface area contributed by atoms with Crippen molar-refractivity contribution in [2.24, 2.45) is 5.92 Å². The number of ether oxygens (including phenoxy) is 1. The fourth-order valence-corrected chi connectivity index (χ4v) is 2.44. The second-order valence-corrected chi connectivity index (χ2v) is 5.26. The first-order chi connectivity index (χ1) is 9.85. The van der Waals surface area contributed by atoms with Gasteiger partial charge >= 0.3 is 6.18 Å². The Balaban J connectivity index is 1.83. The molecule has 0 amide bonds. The summed E-state index contributed by atoms with van der Waals surface area (Å²) in [6.07, 6.45) is -3.39. The van der Waals surface area contributed by atoms with Gasteiger partial charge in [0.25, 0.3) is 0 Å². The van der Waals surface area contributed by atoms with Gasteiger partial charge in [-0.25, -0.2) is 4.98 Å². The van der Waals surface area contributed by atoms with Gasteiger partial charge in [0.15, 0.2) is 0 Å². The van der Waals surface area contributed by atoms with Gasteiger partial charge in [-0.3, -0.25) is 4.90 Å². The van der Waals surface area contributed by atoms with E-state index in [0.717, 1.165) is 12.1 Å². The Bertz CT molecular complexity index is 481. The first-order valence-electron chi connectivity index (χ1n) is 6.78. The van der Waals surface area contributed by atoms with E-state index >= 15 is 0 Å². The molecule has 1 unspecified atom stereocenters. The predicted molar refractivity (Wildman–Crippen MR) is 72.4 cm³/mol. The second kappa shape index (κ2) is 6.46. The quantitative estimate of drug-likeness (QED) is 0.902. The molecule has 8 heteroatoms. The van der Waals surface area contributed by atoms with Crippen molar-refractivity contribution >= 4 is 5.95 Å². The summed E-state index contributed by atoms with van der Waals surface area (Å²) in [5, 5.41) is 3.08. The van der Waals surface area contributed by atoms with Crippen LogP contribution in [0, 0.1) is 12.8 Å². The summed E-state index contributed by atoms with van der Waals surface area (Å²) >= 11 is 0. The molecule has 0 aromatic carbocycles. The average Bonchev–Trinajstić information content (AvgIpc) is 2.81. The van der Waals surface area contributed by atoms with Crippen molar-refractivity contribution in [1.29, 1.82) is 0 Å². The molecule has 1 saturated heterocycles. The van der Waals surface area contributed by atoms with Crippen LogP contribution < -0.4 is 10.1 Å². The summed E-state index contributed by atoms with van der Waals surface area (Å²) < 4.78 is 42.0. The number of likely N-dealkylation sites (tertiary alicyclic amines) is 1. The van der Waals surface area contributed by atoms with Crippen molar-refractivity contribution in [1.82, 2.24) is 14.9 Å². The molecule has 0 aliphatic carbocycles. The van der Waals surface area contributed by atoms with Gasteiger partial charge in [-0.15, -0.1) is 0 Å². The molecule has 2 heterocycles. The molecule has 21 heavy (non-hydrogen) atoms. The molecule has 0 spiro atoms. The highest BCUT2D eigenvalue weighted by Gasteiger charge is 2.34. The molecule has 0 saturated carbocycles. The lowest BCUT2D eigenvalue weighted by Gasteiger charge is -2.18. The van der Waals surface area contributed by atoms with Gasteiger partial charge in [-0.1, -0.05) is 0 Å². The van der Waals surface area contributed by atoms with Crippen LogP contribution in [0.25, 0.3) is 0 Å². The Morgan fingerprint density at radius 1 is 1.43 bits per heavy atom. The molecule has 1 atom stereocenters. The van der Waals surface area contributed by atoms with Crippen LogP contribution in [0.1, 0.15) is 12.1 Å². The molecule has 1 aliphatic heterocycles. The largest absolute Gasteiger partial charge is 0.481 e. The van der Waals surface area contributed by atoms with Crippen molar-refractivity contribution in [3.8, 4) is 5.88 Å². The van der Waals surface area contributed by atoms with Crippen LogP contribution in [-0.2, 0) is 0 Å². The molecular formula is C13H19F3N4O. The molecule has 1 aromatic heterocycles. The van der Waals surface area contributed by atoms with Gasteiger partial charge in [0, 0.05) is 24.8 Å². The van der Waals surface area contributed by atoms with Crippen molar-refractivity contribution in [3.63, 3.8) is 0 Å². The van der Waals surface area contributed by atoms with Crippen molar-refractivity contribution in [2.45, 2.75) is 19.5 Å². The summed E-state index contributed by atoms with van der Waals surface area (Å²) in [5.74, 6) is 1.08. The van der Waals surface area contributed by atoms with E-state index in [1.165, 1.54) is 12.0 Å². The summed E-state index contributed by atoms with van der Waals surface area (Å²) in [7, 11) is 1.53. The lowest BCUT2D eigenvalue weighted by Crippen LogP contribution is -2.33. The third-order valence-electron chi connectivity index (χ3n) is 3.36. The fourth-order valence-electron chi connectivity index (χ4n) is 2.44. The topological polar surface area (TPSA) is 50.3 Å². The number of methoxy groups -OCH3 is 1. The van der Waals surface area contributed by atoms with Crippen LogP contribution in [0.4, 0.5) is 19.1 Å². The highest BCUT2D eigenvalue weighted by atomic mass is 19.4. The number of aryl methyl sites for hydroxylation is 1. The third kappa shape index (κ3) is 5.04. The maximum Gasteiger partial charge on any atom is 0.401 e. The van der Waals surface area contributed by atoms with E-state index < -0.39 is 12.7 Å². The average molecular weight is 304 g/mol. The van der Waals surface area contributed by atoms with E-state index in [1.54, 1.807) is 6.07 Å². The maximum absolute atomic E-state index is 12.3. The van der Waals surface area contributed by atoms with Crippen LogP contribution >= 0.6 is 0 Å². The minimum Gasteiger partial charge on any atom is -0.481 e. The predicted octanol–water partition coefficient (Wildman–Crippen LogP) is 2.09. The lowest BCUT2D eigenvalue weighted by atomic mass is 10.1. The second-order valence-electron chi connectivity index (χ2n) is 5.26. The summed E-state index contributed by atoms with van der Waals surface area (Å²) in [5.41, 5.74) is 0.773. The van der Waals surface area contributed by atoms with Crippen molar-refractivity contribution in [3.05, 3.63) is 11.8 Å². The Labute approximate surface area is 121 Å². The Kier molecular flexibility index (Phi) is 4.87. The molecule has 1 aliphatic rings. The molecule has 5 nitrogen and oxygen atoms in total. The lowest BCUT2D eigenvalue weighted by molar-refractivity contribution is -0.143. The van der Waals surface area contributed by atoms with E-state index in [0.29, 0.717) is 31.5 Å². The molecule has 2 rings (SSSR count). The number of anilines is 1. The molecular weight excluding hydrogens is 285 g/mol. The third-order valence-corrected chi connectivity index (χ3v) is 3.36. The Morgan fingerprint density at radius 3 is 2.86 bits per heavy atom. The van der Waals surface area contributed by atoms with Crippen LogP contribution in [0.3, 0.4) is 0 Å². The standard InChI is InChI=1S/C13H19F3N4O/c1-9-5-11(21-2)19-12(18-9)17-6-10-3-4-20(7-10)8-13(14,15)16/h5,10H,3-4,6-8H2,1-2H3,(H,17,18,19). The molecule has 1 N–H and O–H groups in total. The van der Waals surface area contributed by atoms with Crippen LogP contribution in [0.15, 0.2) is 6.07 Å². The number of nitrogens with one attached hydrogen (secondary N) is 1. The zero-order valence-electron chi connectivity index (χ0n) is 12.1.